The van der Waals surface area contributed by atoms with Gasteiger partial charge in [0.15, 0.2) is 0 Å². The molecule has 1 aliphatic rings. The van der Waals surface area contributed by atoms with E-state index in [1.807, 2.05) is 0 Å². The third kappa shape index (κ3) is 1.13. The Balaban J connectivity index is 2.40. The van der Waals surface area contributed by atoms with Gasteiger partial charge in [0, 0.05) is 6.04 Å². The van der Waals surface area contributed by atoms with Gasteiger partial charge in [0.05, 0.1) is 0 Å². The SMILES string of the molecule is N#Cc1scc2c1CCC(N)C2. The van der Waals surface area contributed by atoms with Crippen molar-refractivity contribution >= 4 is 11.3 Å². The summed E-state index contributed by atoms with van der Waals surface area (Å²) < 4.78 is 0. The Hall–Kier alpha value is -0.850. The molecule has 0 spiro atoms. The van der Waals surface area contributed by atoms with E-state index in [4.69, 9.17) is 11.0 Å². The maximum Gasteiger partial charge on any atom is 0.110 e. The number of hydrogen-bond acceptors (Lipinski definition) is 3. The number of hydrogen-bond donors (Lipinski definition) is 1. The second-order valence-electron chi connectivity index (χ2n) is 3.18. The number of nitrogens with two attached hydrogens (primary N) is 1. The van der Waals surface area contributed by atoms with E-state index in [1.165, 1.54) is 11.1 Å². The average molecular weight is 178 g/mol. The van der Waals surface area contributed by atoms with Crippen LogP contribution in [0.3, 0.4) is 0 Å². The second-order valence-corrected chi connectivity index (χ2v) is 4.06. The number of thiophene rings is 1. The molecule has 0 radical (unpaired) electrons. The Kier molecular flexibility index (Phi) is 1.87. The van der Waals surface area contributed by atoms with Crippen LogP contribution in [0.1, 0.15) is 22.4 Å². The summed E-state index contributed by atoms with van der Waals surface area (Å²) in [4.78, 5) is 0.886. The fourth-order valence-electron chi connectivity index (χ4n) is 1.67. The summed E-state index contributed by atoms with van der Waals surface area (Å²) in [5.41, 5.74) is 8.38. The van der Waals surface area contributed by atoms with Crippen molar-refractivity contribution in [1.82, 2.24) is 0 Å². The molecule has 0 bridgehead atoms. The minimum absolute atomic E-state index is 0.304. The summed E-state index contributed by atoms with van der Waals surface area (Å²) in [5.74, 6) is 0. The Morgan fingerprint density at radius 1 is 1.67 bits per heavy atom. The van der Waals surface area contributed by atoms with Crippen LogP contribution in [0.15, 0.2) is 5.38 Å². The molecule has 2 nitrogen and oxygen atoms in total. The molecule has 1 aromatic heterocycles. The molecule has 12 heavy (non-hydrogen) atoms. The number of nitriles is 1. The molecule has 1 aliphatic carbocycles. The first-order valence-corrected chi connectivity index (χ1v) is 4.94. The predicted octanol–water partition coefficient (Wildman–Crippen LogP) is 1.44. The monoisotopic (exact) mass is 178 g/mol. The zero-order chi connectivity index (χ0) is 8.55. The van der Waals surface area contributed by atoms with Gasteiger partial charge < -0.3 is 5.73 Å². The third-order valence-electron chi connectivity index (χ3n) is 2.33. The van der Waals surface area contributed by atoms with Gasteiger partial charge in [-0.25, -0.2) is 0 Å². The largest absolute Gasteiger partial charge is 0.327 e. The first-order valence-electron chi connectivity index (χ1n) is 4.06. The highest BCUT2D eigenvalue weighted by Crippen LogP contribution is 2.28. The second kappa shape index (κ2) is 2.89. The van der Waals surface area contributed by atoms with E-state index in [0.29, 0.717) is 6.04 Å². The van der Waals surface area contributed by atoms with Crippen LogP contribution < -0.4 is 5.73 Å². The lowest BCUT2D eigenvalue weighted by molar-refractivity contribution is 0.578. The first-order chi connectivity index (χ1) is 5.81. The zero-order valence-corrected chi connectivity index (χ0v) is 7.53. The minimum Gasteiger partial charge on any atom is -0.327 e. The van der Waals surface area contributed by atoms with Crippen molar-refractivity contribution in [2.75, 3.05) is 0 Å². The van der Waals surface area contributed by atoms with Crippen LogP contribution >= 0.6 is 11.3 Å². The van der Waals surface area contributed by atoms with Crippen LogP contribution in [0.25, 0.3) is 0 Å². The molecule has 0 aromatic carbocycles. The van der Waals surface area contributed by atoms with E-state index in [2.05, 4.69) is 11.4 Å². The van der Waals surface area contributed by atoms with Crippen molar-refractivity contribution < 1.29 is 0 Å². The highest BCUT2D eigenvalue weighted by atomic mass is 32.1. The van der Waals surface area contributed by atoms with Crippen molar-refractivity contribution in [2.24, 2.45) is 5.73 Å². The van der Waals surface area contributed by atoms with Gasteiger partial charge in [-0.2, -0.15) is 5.26 Å². The van der Waals surface area contributed by atoms with E-state index in [9.17, 15) is 0 Å². The lowest BCUT2D eigenvalue weighted by Gasteiger charge is -2.17. The molecule has 0 amide bonds. The minimum atomic E-state index is 0.304. The summed E-state index contributed by atoms with van der Waals surface area (Å²) in [7, 11) is 0. The Bertz CT molecular complexity index is 335. The topological polar surface area (TPSA) is 49.8 Å². The lowest BCUT2D eigenvalue weighted by Crippen LogP contribution is -2.27. The van der Waals surface area contributed by atoms with Crippen LogP contribution in [0.2, 0.25) is 0 Å². The molecular weight excluding hydrogens is 168 g/mol. The maximum absolute atomic E-state index is 8.78. The number of rotatable bonds is 0. The quantitative estimate of drug-likeness (QED) is 0.653. The van der Waals surface area contributed by atoms with Gasteiger partial charge in [0.1, 0.15) is 10.9 Å². The van der Waals surface area contributed by atoms with Gasteiger partial charge in [-0.3, -0.25) is 0 Å². The van der Waals surface area contributed by atoms with Crippen LogP contribution in [0.5, 0.6) is 0 Å². The molecule has 3 heteroatoms. The average Bonchev–Trinajstić information content (AvgIpc) is 2.46. The molecule has 1 heterocycles. The molecule has 0 saturated heterocycles. The Morgan fingerprint density at radius 3 is 3.25 bits per heavy atom. The Morgan fingerprint density at radius 2 is 2.50 bits per heavy atom. The summed E-state index contributed by atoms with van der Waals surface area (Å²) in [5, 5.41) is 10.9. The molecule has 0 fully saturated rings. The molecular formula is C9H10N2S. The molecule has 2 N–H and O–H groups in total. The van der Waals surface area contributed by atoms with E-state index < -0.39 is 0 Å². The van der Waals surface area contributed by atoms with Gasteiger partial charge in [0.2, 0.25) is 0 Å². The van der Waals surface area contributed by atoms with Crippen molar-refractivity contribution in [1.29, 1.82) is 5.26 Å². The molecule has 1 unspecified atom stereocenters. The molecule has 0 saturated carbocycles. The zero-order valence-electron chi connectivity index (χ0n) is 6.71. The van der Waals surface area contributed by atoms with Gasteiger partial charge >= 0.3 is 0 Å². The van der Waals surface area contributed by atoms with Crippen molar-refractivity contribution in [3.8, 4) is 6.07 Å². The summed E-state index contributed by atoms with van der Waals surface area (Å²) >= 11 is 1.55. The predicted molar refractivity (Wildman–Crippen MR) is 49.0 cm³/mol. The summed E-state index contributed by atoms with van der Waals surface area (Å²) in [6.07, 6.45) is 2.97. The van der Waals surface area contributed by atoms with Gasteiger partial charge in [-0.15, -0.1) is 11.3 Å². The van der Waals surface area contributed by atoms with Crippen molar-refractivity contribution in [3.05, 3.63) is 21.4 Å². The summed E-state index contributed by atoms with van der Waals surface area (Å²) in [6, 6.07) is 2.53. The van der Waals surface area contributed by atoms with Crippen LogP contribution in [-0.2, 0) is 12.8 Å². The van der Waals surface area contributed by atoms with Gasteiger partial charge in [-0.05, 0) is 35.8 Å². The highest BCUT2D eigenvalue weighted by Gasteiger charge is 2.19. The smallest absolute Gasteiger partial charge is 0.110 e. The van der Waals surface area contributed by atoms with Crippen LogP contribution in [0.4, 0.5) is 0 Å². The fourth-order valence-corrected chi connectivity index (χ4v) is 2.60. The van der Waals surface area contributed by atoms with Crippen LogP contribution in [-0.4, -0.2) is 6.04 Å². The highest BCUT2D eigenvalue weighted by molar-refractivity contribution is 7.10. The van der Waals surface area contributed by atoms with Gasteiger partial charge in [0.25, 0.3) is 0 Å². The van der Waals surface area contributed by atoms with Gasteiger partial charge in [-0.1, -0.05) is 0 Å². The molecule has 2 rings (SSSR count). The van der Waals surface area contributed by atoms with Crippen molar-refractivity contribution in [2.45, 2.75) is 25.3 Å². The third-order valence-corrected chi connectivity index (χ3v) is 3.31. The first kappa shape index (κ1) is 7.78. The molecule has 0 aliphatic heterocycles. The standard InChI is InChI=1S/C9H10N2S/c10-4-9-8-2-1-7(11)3-6(8)5-12-9/h5,7H,1-3,11H2. The van der Waals surface area contributed by atoms with E-state index in [1.54, 1.807) is 11.3 Å². The van der Waals surface area contributed by atoms with E-state index >= 15 is 0 Å². The lowest BCUT2D eigenvalue weighted by atomic mass is 9.91. The molecule has 1 aromatic rings. The van der Waals surface area contributed by atoms with Crippen molar-refractivity contribution in [3.63, 3.8) is 0 Å². The maximum atomic E-state index is 8.78. The Labute approximate surface area is 75.6 Å². The molecule has 62 valence electrons. The normalized spacial score (nSPS) is 21.5. The van der Waals surface area contributed by atoms with E-state index in [-0.39, 0.29) is 0 Å². The summed E-state index contributed by atoms with van der Waals surface area (Å²) in [6.45, 7) is 0. The van der Waals surface area contributed by atoms with E-state index in [0.717, 1.165) is 24.1 Å². The molecule has 1 atom stereocenters. The fraction of sp³-hybridized carbons (Fsp3) is 0.444. The number of fused-ring (bicyclic) bond motifs is 1. The number of nitrogens with zero attached hydrogens (tertiary/aromatic N) is 1. The van der Waals surface area contributed by atoms with Crippen LogP contribution in [0, 0.1) is 11.3 Å².